The van der Waals surface area contributed by atoms with Gasteiger partial charge in [-0.25, -0.2) is 13.4 Å². The van der Waals surface area contributed by atoms with E-state index in [1.165, 1.54) is 0 Å². The number of nitrogens with zero attached hydrogens (tertiary/aromatic N) is 3. The van der Waals surface area contributed by atoms with Crippen molar-refractivity contribution < 1.29 is 13.2 Å². The fourth-order valence-corrected chi connectivity index (χ4v) is 4.58. The number of hydrogen-bond donors (Lipinski definition) is 0. The number of aryl methyl sites for hydroxylation is 1. The van der Waals surface area contributed by atoms with Gasteiger partial charge < -0.3 is 9.30 Å². The van der Waals surface area contributed by atoms with Crippen LogP contribution >= 0.6 is 0 Å². The quantitative estimate of drug-likeness (QED) is 0.845. The molecule has 124 valence electrons. The summed E-state index contributed by atoms with van der Waals surface area (Å²) in [5.74, 6) is 0.344. The third-order valence-corrected chi connectivity index (χ3v) is 6.33. The van der Waals surface area contributed by atoms with Crippen molar-refractivity contribution in [1.29, 1.82) is 0 Å². The molecule has 0 aliphatic carbocycles. The zero-order chi connectivity index (χ0) is 16.6. The fourth-order valence-electron chi connectivity index (χ4n) is 3.11. The smallest absolute Gasteiger partial charge is 0.228 e. The molecule has 2 aromatic heterocycles. The molecule has 1 amide bonds. The minimum Gasteiger partial charge on any atom is -0.342 e. The van der Waals surface area contributed by atoms with Crippen LogP contribution in [0.15, 0.2) is 24.4 Å². The lowest BCUT2D eigenvalue weighted by Crippen LogP contribution is -2.43. The molecule has 0 aromatic carbocycles. The number of amides is 1. The minimum absolute atomic E-state index is 0.00283. The van der Waals surface area contributed by atoms with E-state index in [2.05, 4.69) is 4.98 Å². The summed E-state index contributed by atoms with van der Waals surface area (Å²) < 4.78 is 25.0. The standard InChI is InChI=1S/C16H21N3O3S/c1-12-14(19-8-4-3-5-15(19)17-12)11-16(20)18(2)13-6-9-23(21,22)10-7-13/h3-5,8,13H,6-7,9-11H2,1-2H3. The lowest BCUT2D eigenvalue weighted by Gasteiger charge is -2.31. The van der Waals surface area contributed by atoms with Crippen molar-refractivity contribution in [3.63, 3.8) is 0 Å². The number of aromatic nitrogens is 2. The third-order valence-electron chi connectivity index (χ3n) is 4.61. The second-order valence-electron chi connectivity index (χ2n) is 6.14. The van der Waals surface area contributed by atoms with Crippen LogP contribution in [-0.4, -0.2) is 53.2 Å². The highest BCUT2D eigenvalue weighted by Crippen LogP contribution is 2.19. The second-order valence-corrected chi connectivity index (χ2v) is 8.44. The van der Waals surface area contributed by atoms with Gasteiger partial charge in [-0.1, -0.05) is 6.07 Å². The Balaban J connectivity index is 1.74. The van der Waals surface area contributed by atoms with Crippen molar-refractivity contribution in [3.8, 4) is 0 Å². The molecule has 0 spiro atoms. The Bertz CT molecular complexity index is 827. The van der Waals surface area contributed by atoms with Gasteiger partial charge in [-0.2, -0.15) is 0 Å². The van der Waals surface area contributed by atoms with Crippen molar-refractivity contribution in [3.05, 3.63) is 35.8 Å². The summed E-state index contributed by atoms with van der Waals surface area (Å²) in [5, 5.41) is 0. The SMILES string of the molecule is Cc1nc2ccccn2c1CC(=O)N(C)C1CCS(=O)(=O)CC1. The van der Waals surface area contributed by atoms with E-state index in [4.69, 9.17) is 0 Å². The zero-order valence-electron chi connectivity index (χ0n) is 13.4. The average molecular weight is 335 g/mol. The zero-order valence-corrected chi connectivity index (χ0v) is 14.2. The van der Waals surface area contributed by atoms with Gasteiger partial charge in [0, 0.05) is 19.3 Å². The van der Waals surface area contributed by atoms with Crippen LogP contribution in [0.3, 0.4) is 0 Å². The average Bonchev–Trinajstić information content (AvgIpc) is 2.82. The Morgan fingerprint density at radius 1 is 1.35 bits per heavy atom. The maximum Gasteiger partial charge on any atom is 0.228 e. The number of imidazole rings is 1. The Hall–Kier alpha value is -1.89. The topological polar surface area (TPSA) is 71.8 Å². The minimum atomic E-state index is -2.91. The lowest BCUT2D eigenvalue weighted by atomic mass is 10.1. The van der Waals surface area contributed by atoms with Gasteiger partial charge in [-0.3, -0.25) is 4.79 Å². The van der Waals surface area contributed by atoms with Crippen LogP contribution < -0.4 is 0 Å². The van der Waals surface area contributed by atoms with Gasteiger partial charge >= 0.3 is 0 Å². The Morgan fingerprint density at radius 2 is 2.04 bits per heavy atom. The molecule has 2 aromatic rings. The van der Waals surface area contributed by atoms with Crippen molar-refractivity contribution in [2.24, 2.45) is 0 Å². The molecule has 0 saturated carbocycles. The van der Waals surface area contributed by atoms with Crippen LogP contribution in [0.25, 0.3) is 5.65 Å². The Kier molecular flexibility index (Phi) is 4.14. The van der Waals surface area contributed by atoms with Crippen molar-refractivity contribution in [2.75, 3.05) is 18.6 Å². The molecule has 7 heteroatoms. The molecule has 0 atom stereocenters. The molecule has 0 radical (unpaired) electrons. The van der Waals surface area contributed by atoms with Crippen molar-refractivity contribution >= 4 is 21.4 Å². The third kappa shape index (κ3) is 3.24. The van der Waals surface area contributed by atoms with E-state index in [1.54, 1.807) is 11.9 Å². The highest BCUT2D eigenvalue weighted by molar-refractivity contribution is 7.91. The molecule has 23 heavy (non-hydrogen) atoms. The van der Waals surface area contributed by atoms with E-state index in [-0.39, 0.29) is 29.9 Å². The first-order valence-electron chi connectivity index (χ1n) is 7.76. The molecular weight excluding hydrogens is 314 g/mol. The fraction of sp³-hybridized carbons (Fsp3) is 0.500. The molecule has 0 unspecified atom stereocenters. The van der Waals surface area contributed by atoms with Crippen LogP contribution in [0.4, 0.5) is 0 Å². The number of carbonyl (C=O) groups excluding carboxylic acids is 1. The van der Waals surface area contributed by atoms with Gasteiger partial charge in [-0.05, 0) is 31.9 Å². The first kappa shape index (κ1) is 16.0. The highest BCUT2D eigenvalue weighted by atomic mass is 32.2. The Morgan fingerprint density at radius 3 is 2.74 bits per heavy atom. The van der Waals surface area contributed by atoms with E-state index in [0.29, 0.717) is 12.8 Å². The number of fused-ring (bicyclic) bond motifs is 1. The number of rotatable bonds is 3. The van der Waals surface area contributed by atoms with Crippen molar-refractivity contribution in [1.82, 2.24) is 14.3 Å². The monoisotopic (exact) mass is 335 g/mol. The largest absolute Gasteiger partial charge is 0.342 e. The van der Waals surface area contributed by atoms with Gasteiger partial charge in [0.05, 0.1) is 29.3 Å². The van der Waals surface area contributed by atoms with Gasteiger partial charge in [0.1, 0.15) is 15.5 Å². The highest BCUT2D eigenvalue weighted by Gasteiger charge is 2.29. The summed E-state index contributed by atoms with van der Waals surface area (Å²) in [6, 6.07) is 5.75. The van der Waals surface area contributed by atoms with E-state index >= 15 is 0 Å². The molecule has 0 N–H and O–H groups in total. The van der Waals surface area contributed by atoms with Crippen LogP contribution in [0, 0.1) is 6.92 Å². The van der Waals surface area contributed by atoms with Gasteiger partial charge in [0.15, 0.2) is 0 Å². The summed E-state index contributed by atoms with van der Waals surface area (Å²) in [6.45, 7) is 1.91. The Labute approximate surface area is 136 Å². The van der Waals surface area contributed by atoms with Crippen molar-refractivity contribution in [2.45, 2.75) is 32.2 Å². The normalized spacial score (nSPS) is 18.2. The number of pyridine rings is 1. The molecule has 1 aliphatic rings. The molecule has 6 nitrogen and oxygen atoms in total. The maximum absolute atomic E-state index is 12.6. The first-order chi connectivity index (χ1) is 10.9. The number of carbonyl (C=O) groups is 1. The number of hydrogen-bond acceptors (Lipinski definition) is 4. The summed E-state index contributed by atoms with van der Waals surface area (Å²) in [7, 11) is -1.15. The van der Waals surface area contributed by atoms with Crippen LogP contribution in [0.1, 0.15) is 24.2 Å². The van der Waals surface area contributed by atoms with Gasteiger partial charge in [0.25, 0.3) is 0 Å². The molecule has 3 rings (SSSR count). The molecule has 1 aliphatic heterocycles. The van der Waals surface area contributed by atoms with E-state index < -0.39 is 9.84 Å². The van der Waals surface area contributed by atoms with E-state index in [9.17, 15) is 13.2 Å². The second kappa shape index (κ2) is 5.96. The van der Waals surface area contributed by atoms with Gasteiger partial charge in [0.2, 0.25) is 5.91 Å². The van der Waals surface area contributed by atoms with E-state index in [0.717, 1.165) is 17.0 Å². The summed E-state index contributed by atoms with van der Waals surface area (Å²) in [4.78, 5) is 18.8. The summed E-state index contributed by atoms with van der Waals surface area (Å²) in [5.41, 5.74) is 2.57. The molecule has 0 bridgehead atoms. The predicted molar refractivity (Wildman–Crippen MR) is 88.1 cm³/mol. The number of sulfone groups is 1. The van der Waals surface area contributed by atoms with Crippen LogP contribution in [0.5, 0.6) is 0 Å². The number of likely N-dealkylation sites (N-methyl/N-ethyl adjacent to an activating group) is 1. The maximum atomic E-state index is 12.6. The summed E-state index contributed by atoms with van der Waals surface area (Å²) >= 11 is 0. The molecular formula is C16H21N3O3S. The first-order valence-corrected chi connectivity index (χ1v) is 9.58. The van der Waals surface area contributed by atoms with E-state index in [1.807, 2.05) is 35.7 Å². The molecule has 3 heterocycles. The summed E-state index contributed by atoms with van der Waals surface area (Å²) in [6.07, 6.45) is 3.23. The predicted octanol–water partition coefficient (Wildman–Crippen LogP) is 1.22. The molecule has 1 saturated heterocycles. The van der Waals surface area contributed by atoms with Crippen LogP contribution in [-0.2, 0) is 21.1 Å². The molecule has 1 fully saturated rings. The van der Waals surface area contributed by atoms with Gasteiger partial charge in [-0.15, -0.1) is 0 Å². The van der Waals surface area contributed by atoms with Crippen LogP contribution in [0.2, 0.25) is 0 Å². The lowest BCUT2D eigenvalue weighted by molar-refractivity contribution is -0.131.